The van der Waals surface area contributed by atoms with Gasteiger partial charge in [0.05, 0.1) is 0 Å². The van der Waals surface area contributed by atoms with Crippen molar-refractivity contribution in [1.29, 1.82) is 0 Å². The van der Waals surface area contributed by atoms with E-state index in [9.17, 15) is 19.1 Å². The van der Waals surface area contributed by atoms with Gasteiger partial charge in [0.25, 0.3) is 11.8 Å². The Labute approximate surface area is 151 Å². The van der Waals surface area contributed by atoms with Gasteiger partial charge in [-0.1, -0.05) is 11.6 Å². The number of carbonyl (C=O) groups excluding carboxylic acids is 2. The van der Waals surface area contributed by atoms with Crippen molar-refractivity contribution >= 4 is 23.4 Å². The van der Waals surface area contributed by atoms with Gasteiger partial charge in [0.15, 0.2) is 0 Å². The number of hydrogen-bond acceptors (Lipinski definition) is 4. The number of aliphatic hydroxyl groups is 1. The number of carbonyl (C=O) groups is 2. The first-order valence-electron chi connectivity index (χ1n) is 8.12. The molecule has 1 aromatic carbocycles. The summed E-state index contributed by atoms with van der Waals surface area (Å²) >= 11 is 5.77. The molecule has 138 valence electrons. The summed E-state index contributed by atoms with van der Waals surface area (Å²) in [6, 6.07) is 3.91. The lowest BCUT2D eigenvalue weighted by atomic mass is 10.0. The molecule has 1 aliphatic heterocycles. The van der Waals surface area contributed by atoms with Gasteiger partial charge >= 0.3 is 0 Å². The Balaban J connectivity index is 1.93. The molecule has 6 nitrogen and oxygen atoms in total. The van der Waals surface area contributed by atoms with Crippen LogP contribution in [-0.2, 0) is 16.1 Å². The third-order valence-corrected chi connectivity index (χ3v) is 4.39. The molecule has 0 aromatic heterocycles. The van der Waals surface area contributed by atoms with Crippen molar-refractivity contribution in [2.24, 2.45) is 0 Å². The van der Waals surface area contributed by atoms with E-state index in [0.29, 0.717) is 18.7 Å². The summed E-state index contributed by atoms with van der Waals surface area (Å²) in [5.74, 6) is -1.87. The third kappa shape index (κ3) is 4.90. The molecule has 1 aromatic rings. The summed E-state index contributed by atoms with van der Waals surface area (Å²) in [5, 5.41) is 13.2. The van der Waals surface area contributed by atoms with Gasteiger partial charge in [-0.25, -0.2) is 4.39 Å². The van der Waals surface area contributed by atoms with Crippen LogP contribution in [0.15, 0.2) is 18.2 Å². The molecule has 0 radical (unpaired) electrons. The van der Waals surface area contributed by atoms with E-state index >= 15 is 0 Å². The highest BCUT2D eigenvalue weighted by atomic mass is 35.5. The fraction of sp³-hybridized carbons (Fsp3) is 0.529. The maximum atomic E-state index is 13.3. The number of amides is 2. The number of halogens is 2. The highest BCUT2D eigenvalue weighted by Crippen LogP contribution is 2.24. The second kappa shape index (κ2) is 8.12. The molecule has 0 aliphatic carbocycles. The lowest BCUT2D eigenvalue weighted by Gasteiger charge is -2.22. The predicted molar refractivity (Wildman–Crippen MR) is 92.6 cm³/mol. The SMILES string of the molecule is CN(C)CCCN1CC[C@](O)(C(=O)NCc2cc(F)cc(Cl)c2)C1=O. The van der Waals surface area contributed by atoms with Crippen LogP contribution in [0, 0.1) is 5.82 Å². The molecule has 1 saturated heterocycles. The van der Waals surface area contributed by atoms with Gasteiger partial charge in [-0.15, -0.1) is 0 Å². The average molecular weight is 372 g/mol. The molecule has 0 spiro atoms. The minimum absolute atomic E-state index is 0.0213. The first-order valence-corrected chi connectivity index (χ1v) is 8.50. The predicted octanol–water partition coefficient (Wildman–Crippen LogP) is 1.01. The number of rotatable bonds is 7. The van der Waals surface area contributed by atoms with E-state index < -0.39 is 23.2 Å². The van der Waals surface area contributed by atoms with Crippen LogP contribution in [0.2, 0.25) is 5.02 Å². The number of hydrogen-bond donors (Lipinski definition) is 2. The maximum absolute atomic E-state index is 13.3. The number of likely N-dealkylation sites (tertiary alicyclic amines) is 1. The minimum Gasteiger partial charge on any atom is -0.372 e. The molecule has 0 saturated carbocycles. The summed E-state index contributed by atoms with van der Waals surface area (Å²) in [6.07, 6.45) is 0.807. The average Bonchev–Trinajstić information content (AvgIpc) is 2.81. The molecule has 2 amide bonds. The van der Waals surface area contributed by atoms with Crippen LogP contribution < -0.4 is 5.32 Å². The van der Waals surface area contributed by atoms with E-state index in [1.165, 1.54) is 17.0 Å². The first kappa shape index (κ1) is 19.6. The largest absolute Gasteiger partial charge is 0.372 e. The van der Waals surface area contributed by atoms with Gasteiger partial charge in [-0.05, 0) is 50.8 Å². The Morgan fingerprint density at radius 1 is 1.44 bits per heavy atom. The lowest BCUT2D eigenvalue weighted by molar-refractivity contribution is -0.154. The Bertz CT molecular complexity index is 636. The first-order chi connectivity index (χ1) is 11.7. The van der Waals surface area contributed by atoms with Crippen molar-refractivity contribution in [3.63, 3.8) is 0 Å². The van der Waals surface area contributed by atoms with Crippen LogP contribution in [0.5, 0.6) is 0 Å². The second-order valence-electron chi connectivity index (χ2n) is 6.52. The smallest absolute Gasteiger partial charge is 0.264 e. The van der Waals surface area contributed by atoms with E-state index in [1.807, 2.05) is 19.0 Å². The molecule has 0 bridgehead atoms. The van der Waals surface area contributed by atoms with Gasteiger partial charge in [0.1, 0.15) is 5.82 Å². The normalized spacial score (nSPS) is 20.4. The van der Waals surface area contributed by atoms with E-state index in [1.54, 1.807) is 0 Å². The van der Waals surface area contributed by atoms with Gasteiger partial charge < -0.3 is 20.2 Å². The molecule has 0 unspecified atom stereocenters. The van der Waals surface area contributed by atoms with Gasteiger partial charge in [0, 0.05) is 31.1 Å². The zero-order valence-electron chi connectivity index (χ0n) is 14.4. The Kier molecular flexibility index (Phi) is 6.37. The molecule has 8 heteroatoms. The Morgan fingerprint density at radius 3 is 2.80 bits per heavy atom. The summed E-state index contributed by atoms with van der Waals surface area (Å²) in [5.41, 5.74) is -1.61. The maximum Gasteiger partial charge on any atom is 0.264 e. The summed E-state index contributed by atoms with van der Waals surface area (Å²) < 4.78 is 13.3. The van der Waals surface area contributed by atoms with E-state index in [2.05, 4.69) is 5.32 Å². The van der Waals surface area contributed by atoms with Crippen molar-refractivity contribution in [1.82, 2.24) is 15.1 Å². The van der Waals surface area contributed by atoms with E-state index in [0.717, 1.165) is 19.0 Å². The van der Waals surface area contributed by atoms with Gasteiger partial charge in [0.2, 0.25) is 5.60 Å². The number of nitrogens with zero attached hydrogens (tertiary/aromatic N) is 2. The van der Waals surface area contributed by atoms with E-state index in [4.69, 9.17) is 11.6 Å². The van der Waals surface area contributed by atoms with Crippen molar-refractivity contribution in [2.75, 3.05) is 33.7 Å². The third-order valence-electron chi connectivity index (χ3n) is 4.17. The van der Waals surface area contributed by atoms with Crippen LogP contribution >= 0.6 is 11.6 Å². The minimum atomic E-state index is -2.06. The zero-order valence-corrected chi connectivity index (χ0v) is 15.1. The highest BCUT2D eigenvalue weighted by Gasteiger charge is 2.50. The summed E-state index contributed by atoms with van der Waals surface area (Å²) in [7, 11) is 3.88. The van der Waals surface area contributed by atoms with Gasteiger partial charge in [-0.3, -0.25) is 9.59 Å². The fourth-order valence-corrected chi connectivity index (χ4v) is 3.05. The lowest BCUT2D eigenvalue weighted by Crippen LogP contribution is -2.52. The van der Waals surface area contributed by atoms with Crippen LogP contribution in [0.1, 0.15) is 18.4 Å². The molecule has 1 aliphatic rings. The molecule has 25 heavy (non-hydrogen) atoms. The molecule has 1 atom stereocenters. The fourth-order valence-electron chi connectivity index (χ4n) is 2.81. The van der Waals surface area contributed by atoms with Crippen molar-refractivity contribution in [2.45, 2.75) is 25.0 Å². The Morgan fingerprint density at radius 2 is 2.16 bits per heavy atom. The second-order valence-corrected chi connectivity index (χ2v) is 6.96. The van der Waals surface area contributed by atoms with E-state index in [-0.39, 0.29) is 18.0 Å². The van der Waals surface area contributed by atoms with Crippen LogP contribution in [0.3, 0.4) is 0 Å². The molecule has 1 heterocycles. The molecule has 2 rings (SSSR count). The standard InChI is InChI=1S/C17H23ClFN3O3/c1-21(2)5-3-6-22-7-4-17(25,16(22)24)15(23)20-11-12-8-13(18)10-14(19)9-12/h8-10,25H,3-7,11H2,1-2H3,(H,20,23)/t17-/m0/s1. The topological polar surface area (TPSA) is 72.9 Å². The highest BCUT2D eigenvalue weighted by molar-refractivity contribution is 6.30. The Hall–Kier alpha value is -1.70. The monoisotopic (exact) mass is 371 g/mol. The van der Waals surface area contributed by atoms with Crippen LogP contribution in [0.4, 0.5) is 4.39 Å². The quantitative estimate of drug-likeness (QED) is 0.702. The summed E-state index contributed by atoms with van der Waals surface area (Å²) in [6.45, 7) is 1.62. The van der Waals surface area contributed by atoms with Crippen LogP contribution in [-0.4, -0.2) is 66.1 Å². The van der Waals surface area contributed by atoms with Gasteiger partial charge in [-0.2, -0.15) is 0 Å². The molecular formula is C17H23ClFN3O3. The van der Waals surface area contributed by atoms with Crippen molar-refractivity contribution < 1.29 is 19.1 Å². The number of benzene rings is 1. The van der Waals surface area contributed by atoms with Crippen LogP contribution in [0.25, 0.3) is 0 Å². The molecule has 1 fully saturated rings. The number of nitrogens with one attached hydrogen (secondary N) is 1. The molecule has 2 N–H and O–H groups in total. The zero-order chi connectivity index (χ0) is 18.6. The van der Waals surface area contributed by atoms with Crippen molar-refractivity contribution in [3.8, 4) is 0 Å². The molecular weight excluding hydrogens is 349 g/mol. The summed E-state index contributed by atoms with van der Waals surface area (Å²) in [4.78, 5) is 28.2. The van der Waals surface area contributed by atoms with Crippen molar-refractivity contribution in [3.05, 3.63) is 34.6 Å².